The lowest BCUT2D eigenvalue weighted by Gasteiger charge is -2.21. The van der Waals surface area contributed by atoms with E-state index < -0.39 is 4.92 Å². The second-order valence-electron chi connectivity index (χ2n) is 6.05. The van der Waals surface area contributed by atoms with Crippen molar-refractivity contribution in [1.82, 2.24) is 0 Å². The molecule has 0 saturated carbocycles. The van der Waals surface area contributed by atoms with Gasteiger partial charge in [-0.2, -0.15) is 5.10 Å². The van der Waals surface area contributed by atoms with Crippen LogP contribution in [-0.4, -0.2) is 10.6 Å². The number of rotatable bonds is 4. The summed E-state index contributed by atoms with van der Waals surface area (Å²) in [7, 11) is 0. The molecule has 1 aliphatic heterocycles. The zero-order valence-corrected chi connectivity index (χ0v) is 15.3. The topological polar surface area (TPSA) is 79.6 Å². The third-order valence-electron chi connectivity index (χ3n) is 4.18. The van der Waals surface area contributed by atoms with Crippen molar-refractivity contribution in [1.29, 1.82) is 0 Å². The molecule has 0 saturated heterocycles. The Kier molecular flexibility index (Phi) is 4.52. The molecule has 0 radical (unpaired) electrons. The number of anilines is 3. The minimum atomic E-state index is -0.424. The van der Waals surface area contributed by atoms with Crippen LogP contribution in [0.1, 0.15) is 12.5 Å². The fraction of sp³-hybridized carbons (Fsp3) is 0.0500. The number of nitro groups is 1. The number of nitro benzene ring substituents is 1. The lowest BCUT2D eigenvalue weighted by molar-refractivity contribution is -0.384. The summed E-state index contributed by atoms with van der Waals surface area (Å²) in [5.41, 5.74) is 7.39. The Labute approximate surface area is 160 Å². The van der Waals surface area contributed by atoms with Gasteiger partial charge in [0.25, 0.3) is 5.69 Å². The maximum atomic E-state index is 10.9. The van der Waals surface area contributed by atoms with E-state index in [1.54, 1.807) is 23.9 Å². The summed E-state index contributed by atoms with van der Waals surface area (Å²) in [5, 5.41) is 18.7. The summed E-state index contributed by atoms with van der Waals surface area (Å²) in [6.07, 6.45) is 0. The second kappa shape index (κ2) is 7.13. The van der Waals surface area contributed by atoms with Crippen LogP contribution in [0.4, 0.5) is 22.7 Å². The van der Waals surface area contributed by atoms with Crippen LogP contribution < -0.4 is 10.7 Å². The van der Waals surface area contributed by atoms with Crippen LogP contribution in [-0.2, 0) is 0 Å². The highest BCUT2D eigenvalue weighted by atomic mass is 32.2. The van der Waals surface area contributed by atoms with Crippen LogP contribution in [0.3, 0.4) is 0 Å². The number of hydrazone groups is 1. The molecule has 0 fully saturated rings. The average Bonchev–Trinajstić information content (AvgIpc) is 2.70. The van der Waals surface area contributed by atoms with Crippen LogP contribution in [0.25, 0.3) is 0 Å². The number of nitrogens with one attached hydrogen (secondary N) is 2. The molecule has 7 heteroatoms. The van der Waals surface area contributed by atoms with Crippen molar-refractivity contribution in [3.8, 4) is 0 Å². The Morgan fingerprint density at radius 2 is 1.85 bits per heavy atom. The van der Waals surface area contributed by atoms with Gasteiger partial charge in [-0.1, -0.05) is 36.0 Å². The summed E-state index contributed by atoms with van der Waals surface area (Å²) in [6, 6.07) is 20.6. The first kappa shape index (κ1) is 17.1. The van der Waals surface area contributed by atoms with Crippen LogP contribution in [0, 0.1) is 10.1 Å². The van der Waals surface area contributed by atoms with Crippen molar-refractivity contribution in [2.24, 2.45) is 5.10 Å². The van der Waals surface area contributed by atoms with E-state index in [2.05, 4.69) is 40.1 Å². The normalized spacial score (nSPS) is 12.6. The van der Waals surface area contributed by atoms with Gasteiger partial charge in [0.1, 0.15) is 0 Å². The van der Waals surface area contributed by atoms with E-state index in [-0.39, 0.29) is 5.69 Å². The summed E-state index contributed by atoms with van der Waals surface area (Å²) in [4.78, 5) is 12.8. The Morgan fingerprint density at radius 1 is 1.04 bits per heavy atom. The number of para-hydroxylation sites is 1. The minimum Gasteiger partial charge on any atom is -0.354 e. The standard InChI is InChI=1S/C20H16N4O2S/c1-13(22-23-15-5-4-6-16(12-15)24(25)26)14-9-10-20-18(11-14)21-17-7-2-3-8-19(17)27-20/h2-12,21,23H,1H3/b22-13-. The van der Waals surface area contributed by atoms with E-state index in [0.717, 1.165) is 27.5 Å². The van der Waals surface area contributed by atoms with Crippen LogP contribution >= 0.6 is 11.8 Å². The summed E-state index contributed by atoms with van der Waals surface area (Å²) < 4.78 is 0. The molecule has 0 amide bonds. The molecule has 0 aromatic heterocycles. The number of fused-ring (bicyclic) bond motifs is 2. The van der Waals surface area contributed by atoms with Gasteiger partial charge in [-0.15, -0.1) is 0 Å². The predicted octanol–water partition coefficient (Wildman–Crippen LogP) is 5.64. The van der Waals surface area contributed by atoms with Gasteiger partial charge in [-0.3, -0.25) is 15.5 Å². The molecule has 3 aromatic carbocycles. The molecule has 0 spiro atoms. The van der Waals surface area contributed by atoms with Crippen LogP contribution in [0.2, 0.25) is 0 Å². The molecular weight excluding hydrogens is 360 g/mol. The van der Waals surface area contributed by atoms with E-state index in [1.807, 2.05) is 25.1 Å². The molecule has 0 atom stereocenters. The highest BCUT2D eigenvalue weighted by Crippen LogP contribution is 2.44. The molecule has 6 nitrogen and oxygen atoms in total. The van der Waals surface area contributed by atoms with Gasteiger partial charge in [0.05, 0.1) is 27.7 Å². The first-order chi connectivity index (χ1) is 13.1. The molecule has 0 aliphatic carbocycles. The summed E-state index contributed by atoms with van der Waals surface area (Å²) in [6.45, 7) is 1.90. The molecule has 2 N–H and O–H groups in total. The van der Waals surface area contributed by atoms with Gasteiger partial charge in [0.2, 0.25) is 0 Å². The van der Waals surface area contributed by atoms with E-state index in [0.29, 0.717) is 5.69 Å². The highest BCUT2D eigenvalue weighted by Gasteiger charge is 2.15. The van der Waals surface area contributed by atoms with Gasteiger partial charge >= 0.3 is 0 Å². The lowest BCUT2D eigenvalue weighted by Crippen LogP contribution is -2.04. The molecule has 27 heavy (non-hydrogen) atoms. The number of non-ortho nitro benzene ring substituents is 1. The lowest BCUT2D eigenvalue weighted by atomic mass is 10.1. The van der Waals surface area contributed by atoms with Gasteiger partial charge in [-0.25, -0.2) is 0 Å². The Bertz CT molecular complexity index is 1070. The number of hydrogen-bond donors (Lipinski definition) is 2. The zero-order chi connectivity index (χ0) is 18.8. The molecular formula is C20H16N4O2S. The molecule has 1 heterocycles. The van der Waals surface area contributed by atoms with Crippen molar-refractivity contribution in [3.05, 3.63) is 82.4 Å². The Morgan fingerprint density at radius 3 is 2.70 bits per heavy atom. The molecule has 3 aromatic rings. The van der Waals surface area contributed by atoms with Crippen LogP contribution in [0.15, 0.2) is 81.6 Å². The number of hydrogen-bond acceptors (Lipinski definition) is 6. The van der Waals surface area contributed by atoms with E-state index in [9.17, 15) is 10.1 Å². The smallest absolute Gasteiger partial charge is 0.271 e. The Balaban J connectivity index is 1.55. The maximum Gasteiger partial charge on any atom is 0.271 e. The molecule has 0 unspecified atom stereocenters. The molecule has 134 valence electrons. The van der Waals surface area contributed by atoms with Crippen molar-refractivity contribution < 1.29 is 4.92 Å². The van der Waals surface area contributed by atoms with E-state index in [1.165, 1.54) is 17.0 Å². The number of nitrogens with zero attached hydrogens (tertiary/aromatic N) is 2. The summed E-state index contributed by atoms with van der Waals surface area (Å²) in [5.74, 6) is 0. The van der Waals surface area contributed by atoms with Crippen molar-refractivity contribution in [2.75, 3.05) is 10.7 Å². The fourth-order valence-corrected chi connectivity index (χ4v) is 3.73. The predicted molar refractivity (Wildman–Crippen MR) is 109 cm³/mol. The van der Waals surface area contributed by atoms with Gasteiger partial charge in [0.15, 0.2) is 0 Å². The third kappa shape index (κ3) is 3.63. The molecule has 0 bridgehead atoms. The Hall–Kier alpha value is -3.32. The quantitative estimate of drug-likeness (QED) is 0.274. The first-order valence-electron chi connectivity index (χ1n) is 8.33. The van der Waals surface area contributed by atoms with Crippen molar-refractivity contribution in [3.63, 3.8) is 0 Å². The van der Waals surface area contributed by atoms with Gasteiger partial charge in [0, 0.05) is 21.9 Å². The van der Waals surface area contributed by atoms with E-state index in [4.69, 9.17) is 0 Å². The third-order valence-corrected chi connectivity index (χ3v) is 5.34. The van der Waals surface area contributed by atoms with E-state index >= 15 is 0 Å². The molecule has 1 aliphatic rings. The van der Waals surface area contributed by atoms with Crippen molar-refractivity contribution in [2.45, 2.75) is 16.7 Å². The largest absolute Gasteiger partial charge is 0.354 e. The van der Waals surface area contributed by atoms with Crippen LogP contribution in [0.5, 0.6) is 0 Å². The monoisotopic (exact) mass is 376 g/mol. The SMILES string of the molecule is C/C(=N/Nc1cccc([N+](=O)[O-])c1)c1ccc2c(c1)Nc1ccccc1S2. The van der Waals surface area contributed by atoms with Gasteiger partial charge < -0.3 is 5.32 Å². The highest BCUT2D eigenvalue weighted by molar-refractivity contribution is 7.99. The molecule has 4 rings (SSSR count). The average molecular weight is 376 g/mol. The van der Waals surface area contributed by atoms with Crippen molar-refractivity contribution >= 4 is 40.2 Å². The zero-order valence-electron chi connectivity index (χ0n) is 14.5. The second-order valence-corrected chi connectivity index (χ2v) is 7.13. The fourth-order valence-electron chi connectivity index (χ4n) is 2.77. The maximum absolute atomic E-state index is 10.9. The minimum absolute atomic E-state index is 0.0292. The first-order valence-corrected chi connectivity index (χ1v) is 9.15. The number of benzene rings is 3. The summed E-state index contributed by atoms with van der Waals surface area (Å²) >= 11 is 1.74. The van der Waals surface area contributed by atoms with Gasteiger partial charge in [-0.05, 0) is 42.8 Å².